The van der Waals surface area contributed by atoms with Crippen LogP contribution in [0, 0.1) is 0 Å². The van der Waals surface area contributed by atoms with Crippen LogP contribution in [0.5, 0.6) is 0 Å². The third kappa shape index (κ3) is 8.84. The van der Waals surface area contributed by atoms with Crippen LogP contribution in [0.2, 0.25) is 0 Å². The molecule has 4 aromatic rings. The van der Waals surface area contributed by atoms with E-state index in [1.165, 1.54) is 0 Å². The highest BCUT2D eigenvalue weighted by Crippen LogP contribution is 2.40. The first kappa shape index (κ1) is 37.1. The van der Waals surface area contributed by atoms with Crippen LogP contribution < -0.4 is 5.32 Å². The molecule has 0 saturated carbocycles. The van der Waals surface area contributed by atoms with Gasteiger partial charge in [0.25, 0.3) is 0 Å². The number of halogens is 3. The number of aliphatic hydroxyl groups is 1. The maximum absolute atomic E-state index is 13.1. The van der Waals surface area contributed by atoms with E-state index in [9.17, 15) is 37.8 Å². The number of ether oxygens (including phenoxy) is 2. The molecule has 6 rings (SSSR count). The number of amides is 2. The van der Waals surface area contributed by atoms with Crippen molar-refractivity contribution in [2.45, 2.75) is 68.0 Å². The number of carbonyl (C=O) groups is 3. The monoisotopic (exact) mass is 734 g/mol. The first-order chi connectivity index (χ1) is 25.0. The van der Waals surface area contributed by atoms with E-state index >= 15 is 0 Å². The minimum atomic E-state index is -5.04. The fourth-order valence-electron chi connectivity index (χ4n) is 6.43. The van der Waals surface area contributed by atoms with Crippen molar-refractivity contribution in [3.8, 4) is 11.1 Å². The maximum Gasteiger partial charge on any atom is 0.471 e. The lowest BCUT2D eigenvalue weighted by molar-refractivity contribution is -0.245. The van der Waals surface area contributed by atoms with Gasteiger partial charge in [0.15, 0.2) is 6.29 Å². The van der Waals surface area contributed by atoms with Gasteiger partial charge < -0.3 is 29.9 Å². The Bertz CT molecular complexity index is 1870. The molecule has 0 unspecified atom stereocenters. The molecule has 2 saturated heterocycles. The molecular weight excluding hydrogens is 697 g/mol. The Hall–Kier alpha value is -4.69. The molecule has 3 N–H and O–H groups in total. The fraction of sp³-hybridized carbons (Fsp3) is 0.308. The number of benzene rings is 4. The number of aromatic carboxylic acids is 1. The summed E-state index contributed by atoms with van der Waals surface area (Å²) in [4.78, 5) is 37.6. The first-order valence-electron chi connectivity index (χ1n) is 16.8. The lowest BCUT2D eigenvalue weighted by atomic mass is 9.97. The topological polar surface area (TPSA) is 125 Å². The lowest BCUT2D eigenvalue weighted by Crippen LogP contribution is -2.50. The van der Waals surface area contributed by atoms with E-state index in [2.05, 4.69) is 5.32 Å². The number of carboxylic acids is 1. The number of nitrogens with zero attached hydrogens (tertiary/aromatic N) is 1. The highest BCUT2D eigenvalue weighted by Gasteiger charge is 2.47. The Labute approximate surface area is 302 Å². The van der Waals surface area contributed by atoms with Crippen LogP contribution in [0.15, 0.2) is 102 Å². The Morgan fingerprint density at radius 3 is 2.25 bits per heavy atom. The Morgan fingerprint density at radius 2 is 1.58 bits per heavy atom. The molecule has 2 amide bonds. The van der Waals surface area contributed by atoms with Gasteiger partial charge in [0, 0.05) is 35.7 Å². The quantitative estimate of drug-likeness (QED) is 0.140. The van der Waals surface area contributed by atoms with Crippen molar-refractivity contribution in [3.63, 3.8) is 0 Å². The second kappa shape index (κ2) is 16.3. The molecule has 2 aliphatic rings. The van der Waals surface area contributed by atoms with Gasteiger partial charge in [-0.15, -0.1) is 11.8 Å². The molecule has 0 bridgehead atoms. The summed E-state index contributed by atoms with van der Waals surface area (Å²) in [7, 11) is 0. The average Bonchev–Trinajstić information content (AvgIpc) is 3.66. The molecule has 0 spiro atoms. The van der Waals surface area contributed by atoms with Gasteiger partial charge in [-0.05, 0) is 64.9 Å². The van der Waals surface area contributed by atoms with Crippen LogP contribution in [0.25, 0.3) is 11.1 Å². The Kier molecular flexibility index (Phi) is 11.6. The zero-order valence-corrected chi connectivity index (χ0v) is 28.7. The summed E-state index contributed by atoms with van der Waals surface area (Å²) < 4.78 is 52.2. The number of hydrogen-bond acceptors (Lipinski definition) is 7. The predicted molar refractivity (Wildman–Crippen MR) is 187 cm³/mol. The smallest absolute Gasteiger partial charge is 0.471 e. The fourth-order valence-corrected chi connectivity index (χ4v) is 7.35. The number of rotatable bonds is 11. The Morgan fingerprint density at radius 1 is 0.885 bits per heavy atom. The van der Waals surface area contributed by atoms with Crippen molar-refractivity contribution in [1.82, 2.24) is 10.2 Å². The number of thioether (sulfide) groups is 1. The molecule has 52 heavy (non-hydrogen) atoms. The molecular formula is C39H37F3N2O7S. The molecule has 0 aliphatic carbocycles. The molecule has 4 aromatic carbocycles. The molecule has 2 heterocycles. The number of alkyl halides is 3. The van der Waals surface area contributed by atoms with Crippen molar-refractivity contribution >= 4 is 29.5 Å². The molecule has 0 radical (unpaired) electrons. The van der Waals surface area contributed by atoms with Gasteiger partial charge >= 0.3 is 18.1 Å². The summed E-state index contributed by atoms with van der Waals surface area (Å²) in [6.45, 7) is -0.126. The van der Waals surface area contributed by atoms with Crippen LogP contribution in [0.1, 0.15) is 64.3 Å². The van der Waals surface area contributed by atoms with Crippen LogP contribution >= 0.6 is 11.8 Å². The standard InChI is InChI=1S/C39H37F3N2O7S/c40-39(41,42)38(49)44-19-3-6-33(44)35(46)43-21-29-4-1-2-5-32(29)25-11-13-28(14-12-25)37-50-30(23-52-31-17-15-27(16-18-31)36(47)48)20-34(51-37)26-9-7-24(22-45)8-10-26/h1-2,4-5,7-18,30,33-34,37,45H,3,6,19-23H2,(H,43,46)(H,47,48)/t30-,33-,34+,37+/m0/s1. The van der Waals surface area contributed by atoms with E-state index in [4.69, 9.17) is 9.47 Å². The second-order valence-electron chi connectivity index (χ2n) is 12.6. The van der Waals surface area contributed by atoms with E-state index in [1.807, 2.05) is 72.8 Å². The van der Waals surface area contributed by atoms with Crippen LogP contribution in [-0.4, -0.2) is 63.5 Å². The van der Waals surface area contributed by atoms with Crippen molar-refractivity contribution in [2.75, 3.05) is 12.3 Å². The van der Waals surface area contributed by atoms with E-state index in [-0.39, 0.29) is 43.9 Å². The van der Waals surface area contributed by atoms with Gasteiger partial charge in [-0.2, -0.15) is 13.2 Å². The van der Waals surface area contributed by atoms with Crippen molar-refractivity contribution in [3.05, 3.63) is 125 Å². The molecule has 13 heteroatoms. The minimum absolute atomic E-state index is 0.0608. The highest BCUT2D eigenvalue weighted by molar-refractivity contribution is 7.99. The number of carbonyl (C=O) groups excluding carboxylic acids is 2. The highest BCUT2D eigenvalue weighted by atomic mass is 32.2. The van der Waals surface area contributed by atoms with Gasteiger partial charge in [-0.25, -0.2) is 4.79 Å². The molecule has 2 fully saturated rings. The molecule has 0 aromatic heterocycles. The minimum Gasteiger partial charge on any atom is -0.478 e. The summed E-state index contributed by atoms with van der Waals surface area (Å²) in [5.41, 5.74) is 5.14. The number of likely N-dealkylation sites (tertiary alicyclic amines) is 1. The van der Waals surface area contributed by atoms with Crippen LogP contribution in [0.3, 0.4) is 0 Å². The SMILES string of the molecule is O=C(O)c1ccc(SC[C@@H]2C[C@H](c3ccc(CO)cc3)O[C@H](c3ccc(-c4ccccc4CNC(=O)[C@@H]4CCCN4C(=O)C(F)(F)F)cc3)O2)cc1. The largest absolute Gasteiger partial charge is 0.478 e. The average molecular weight is 735 g/mol. The lowest BCUT2D eigenvalue weighted by Gasteiger charge is -2.36. The summed E-state index contributed by atoms with van der Waals surface area (Å²) in [6, 6.07) is 28.1. The number of carboxylic acid groups (broad SMARTS) is 1. The molecule has 4 atom stereocenters. The van der Waals surface area contributed by atoms with Gasteiger partial charge in [0.1, 0.15) is 6.04 Å². The second-order valence-corrected chi connectivity index (χ2v) is 13.7. The zero-order valence-electron chi connectivity index (χ0n) is 27.9. The number of nitrogens with one attached hydrogen (secondary N) is 1. The summed E-state index contributed by atoms with van der Waals surface area (Å²) in [5.74, 6) is -3.02. The van der Waals surface area contributed by atoms with Crippen molar-refractivity contribution in [2.24, 2.45) is 0 Å². The van der Waals surface area contributed by atoms with Gasteiger partial charge in [0.2, 0.25) is 5.91 Å². The third-order valence-electron chi connectivity index (χ3n) is 9.18. The van der Waals surface area contributed by atoms with Crippen LogP contribution in [0.4, 0.5) is 13.2 Å². The van der Waals surface area contributed by atoms with Crippen LogP contribution in [-0.2, 0) is 32.2 Å². The predicted octanol–water partition coefficient (Wildman–Crippen LogP) is 7.05. The maximum atomic E-state index is 13.1. The zero-order chi connectivity index (χ0) is 36.8. The van der Waals surface area contributed by atoms with Gasteiger partial charge in [-0.3, -0.25) is 9.59 Å². The van der Waals surface area contributed by atoms with Crippen molar-refractivity contribution < 1.29 is 47.2 Å². The number of hydrogen-bond donors (Lipinski definition) is 3. The molecule has 9 nitrogen and oxygen atoms in total. The van der Waals surface area contributed by atoms with E-state index < -0.39 is 36.3 Å². The van der Waals surface area contributed by atoms with E-state index in [0.29, 0.717) is 23.5 Å². The summed E-state index contributed by atoms with van der Waals surface area (Å²) in [6.07, 6.45) is -5.19. The van der Waals surface area contributed by atoms with Gasteiger partial charge in [0.05, 0.1) is 24.4 Å². The Balaban J connectivity index is 1.16. The molecule has 2 aliphatic heterocycles. The normalized spacial score (nSPS) is 20.4. The first-order valence-corrected chi connectivity index (χ1v) is 17.8. The molecule has 272 valence electrons. The third-order valence-corrected chi connectivity index (χ3v) is 10.3. The summed E-state index contributed by atoms with van der Waals surface area (Å²) >= 11 is 1.56. The van der Waals surface area contributed by atoms with Gasteiger partial charge in [-0.1, -0.05) is 72.8 Å². The summed E-state index contributed by atoms with van der Waals surface area (Å²) in [5, 5.41) is 21.5. The van der Waals surface area contributed by atoms with Crippen molar-refractivity contribution in [1.29, 1.82) is 0 Å². The van der Waals surface area contributed by atoms with E-state index in [0.717, 1.165) is 38.3 Å². The number of aliphatic hydroxyl groups excluding tert-OH is 1. The van der Waals surface area contributed by atoms with E-state index in [1.54, 1.807) is 36.0 Å².